The molecule has 0 amide bonds. The highest BCUT2D eigenvalue weighted by molar-refractivity contribution is 6.42. The van der Waals surface area contributed by atoms with Crippen LogP contribution in [0.15, 0.2) is 81.6 Å². The molecule has 0 unspecified atom stereocenters. The van der Waals surface area contributed by atoms with E-state index in [1.54, 1.807) is 0 Å². The van der Waals surface area contributed by atoms with Gasteiger partial charge in [0.2, 0.25) is 5.89 Å². The number of nitrogens with zero attached hydrogens (tertiary/aromatic N) is 1. The topological polar surface area (TPSA) is 39.2 Å². The summed E-state index contributed by atoms with van der Waals surface area (Å²) in [7, 11) is 0. The smallest absolute Gasteiger partial charge is 0.227 e. The SMILES string of the molecule is Clc1c2nc(-c3ccc4ccccc4c3)oc2cc2oc3ccccc3c12. The predicted molar refractivity (Wildman–Crippen MR) is 109 cm³/mol. The summed E-state index contributed by atoms with van der Waals surface area (Å²) in [6, 6.07) is 24.1. The van der Waals surface area contributed by atoms with Gasteiger partial charge in [0.15, 0.2) is 5.58 Å². The number of fused-ring (bicyclic) bond motifs is 5. The average Bonchev–Trinajstić information content (AvgIpc) is 3.29. The third kappa shape index (κ3) is 2.12. The lowest BCUT2D eigenvalue weighted by Gasteiger charge is -1.99. The van der Waals surface area contributed by atoms with Crippen LogP contribution in [0, 0.1) is 0 Å². The summed E-state index contributed by atoms with van der Waals surface area (Å²) in [5, 5.41) is 4.73. The highest BCUT2D eigenvalue weighted by Gasteiger charge is 2.18. The van der Waals surface area contributed by atoms with Crippen molar-refractivity contribution >= 4 is 55.4 Å². The maximum Gasteiger partial charge on any atom is 0.227 e. The second kappa shape index (κ2) is 5.35. The molecule has 0 saturated heterocycles. The number of hydrogen-bond acceptors (Lipinski definition) is 3. The van der Waals surface area contributed by atoms with Crippen molar-refractivity contribution < 1.29 is 8.83 Å². The Balaban J connectivity index is 1.62. The molecule has 0 atom stereocenters. The fourth-order valence-corrected chi connectivity index (χ4v) is 3.99. The van der Waals surface area contributed by atoms with Crippen molar-refractivity contribution in [2.45, 2.75) is 0 Å². The van der Waals surface area contributed by atoms with Gasteiger partial charge in [0.1, 0.15) is 16.7 Å². The average molecular weight is 370 g/mol. The molecule has 4 heteroatoms. The maximum atomic E-state index is 6.71. The lowest BCUT2D eigenvalue weighted by atomic mass is 10.1. The molecule has 0 saturated carbocycles. The number of oxazole rings is 1. The number of benzene rings is 4. The van der Waals surface area contributed by atoms with Crippen molar-refractivity contribution in [3.63, 3.8) is 0 Å². The molecule has 0 N–H and O–H groups in total. The lowest BCUT2D eigenvalue weighted by molar-refractivity contribution is 0.617. The summed E-state index contributed by atoms with van der Waals surface area (Å²) >= 11 is 6.71. The Morgan fingerprint density at radius 2 is 1.52 bits per heavy atom. The number of aromatic nitrogens is 1. The van der Waals surface area contributed by atoms with Gasteiger partial charge in [-0.3, -0.25) is 0 Å². The molecule has 0 aliphatic rings. The first kappa shape index (κ1) is 14.8. The molecule has 0 aliphatic carbocycles. The van der Waals surface area contributed by atoms with E-state index in [0.717, 1.165) is 27.3 Å². The first-order valence-corrected chi connectivity index (χ1v) is 9.05. The molecule has 6 aromatic rings. The normalized spacial score (nSPS) is 11.9. The van der Waals surface area contributed by atoms with Crippen LogP contribution in [0.25, 0.3) is 55.3 Å². The fraction of sp³-hybridized carbons (Fsp3) is 0. The standard InChI is InChI=1S/C23H12ClNO2/c24-21-20-16-7-3-4-8-17(16)26-18(20)12-19-22(21)25-23(27-19)15-10-9-13-5-1-2-6-14(13)11-15/h1-12H. The monoisotopic (exact) mass is 369 g/mol. The van der Waals surface area contributed by atoms with E-state index in [1.165, 1.54) is 5.39 Å². The minimum Gasteiger partial charge on any atom is -0.456 e. The zero-order valence-electron chi connectivity index (χ0n) is 14.1. The second-order valence-corrected chi connectivity index (χ2v) is 6.97. The van der Waals surface area contributed by atoms with Crippen molar-refractivity contribution in [1.29, 1.82) is 0 Å². The van der Waals surface area contributed by atoms with Gasteiger partial charge in [-0.15, -0.1) is 0 Å². The van der Waals surface area contributed by atoms with E-state index in [4.69, 9.17) is 20.4 Å². The Labute approximate surface area is 158 Å². The molecule has 4 aromatic carbocycles. The Morgan fingerprint density at radius 1 is 0.704 bits per heavy atom. The van der Waals surface area contributed by atoms with Crippen LogP contribution >= 0.6 is 11.6 Å². The summed E-state index contributed by atoms with van der Waals surface area (Å²) in [6.07, 6.45) is 0. The van der Waals surface area contributed by atoms with Gasteiger partial charge in [0.05, 0.1) is 5.02 Å². The van der Waals surface area contributed by atoms with Crippen LogP contribution < -0.4 is 0 Å². The lowest BCUT2D eigenvalue weighted by Crippen LogP contribution is -1.79. The van der Waals surface area contributed by atoms with Gasteiger partial charge in [0.25, 0.3) is 0 Å². The van der Waals surface area contributed by atoms with Crippen molar-refractivity contribution in [2.24, 2.45) is 0 Å². The zero-order valence-corrected chi connectivity index (χ0v) is 14.8. The molecule has 0 radical (unpaired) electrons. The van der Waals surface area contributed by atoms with Crippen molar-refractivity contribution in [3.05, 3.63) is 77.8 Å². The van der Waals surface area contributed by atoms with Crippen LogP contribution in [-0.2, 0) is 0 Å². The van der Waals surface area contributed by atoms with Gasteiger partial charge in [-0.05, 0) is 29.0 Å². The third-order valence-corrected chi connectivity index (χ3v) is 5.33. The molecule has 27 heavy (non-hydrogen) atoms. The number of furan rings is 1. The molecule has 3 nitrogen and oxygen atoms in total. The highest BCUT2D eigenvalue weighted by atomic mass is 35.5. The highest BCUT2D eigenvalue weighted by Crippen LogP contribution is 2.40. The molecular weight excluding hydrogens is 358 g/mol. The third-order valence-electron chi connectivity index (χ3n) is 4.96. The Kier molecular flexibility index (Phi) is 2.94. The molecule has 0 bridgehead atoms. The van der Waals surface area contributed by atoms with Crippen LogP contribution in [0.5, 0.6) is 0 Å². The quantitative estimate of drug-likeness (QED) is 0.307. The van der Waals surface area contributed by atoms with Gasteiger partial charge >= 0.3 is 0 Å². The van der Waals surface area contributed by atoms with Crippen molar-refractivity contribution in [3.8, 4) is 11.5 Å². The molecule has 128 valence electrons. The van der Waals surface area contributed by atoms with E-state index >= 15 is 0 Å². The summed E-state index contributed by atoms with van der Waals surface area (Å²) < 4.78 is 12.0. The minimum absolute atomic E-state index is 0.551. The zero-order chi connectivity index (χ0) is 18.0. The van der Waals surface area contributed by atoms with E-state index in [2.05, 4.69) is 29.2 Å². The van der Waals surface area contributed by atoms with E-state index < -0.39 is 0 Å². The maximum absolute atomic E-state index is 6.71. The van der Waals surface area contributed by atoms with Gasteiger partial charge < -0.3 is 8.83 Å². The van der Waals surface area contributed by atoms with Crippen LogP contribution in [0.2, 0.25) is 5.02 Å². The van der Waals surface area contributed by atoms with E-state index in [0.29, 0.717) is 27.6 Å². The summed E-state index contributed by atoms with van der Waals surface area (Å²) in [4.78, 5) is 4.69. The first-order valence-electron chi connectivity index (χ1n) is 8.67. The largest absolute Gasteiger partial charge is 0.456 e. The Morgan fingerprint density at radius 3 is 2.44 bits per heavy atom. The second-order valence-electron chi connectivity index (χ2n) is 6.59. The number of hydrogen-bond donors (Lipinski definition) is 0. The van der Waals surface area contributed by atoms with E-state index in [9.17, 15) is 0 Å². The molecule has 0 spiro atoms. The number of rotatable bonds is 1. The molecular formula is C23H12ClNO2. The van der Waals surface area contributed by atoms with Crippen molar-refractivity contribution in [2.75, 3.05) is 0 Å². The molecule has 2 heterocycles. The summed E-state index contributed by atoms with van der Waals surface area (Å²) in [6.45, 7) is 0. The van der Waals surface area contributed by atoms with E-state index in [1.807, 2.05) is 48.5 Å². The molecule has 0 fully saturated rings. The summed E-state index contributed by atoms with van der Waals surface area (Å²) in [5.74, 6) is 0.551. The van der Waals surface area contributed by atoms with Gasteiger partial charge in [-0.25, -0.2) is 4.98 Å². The Hall–Kier alpha value is -3.30. The van der Waals surface area contributed by atoms with Crippen LogP contribution in [0.3, 0.4) is 0 Å². The fourth-order valence-electron chi connectivity index (χ4n) is 3.66. The molecule has 2 aromatic heterocycles. The first-order chi connectivity index (χ1) is 13.3. The van der Waals surface area contributed by atoms with Crippen LogP contribution in [-0.4, -0.2) is 4.98 Å². The Bertz CT molecular complexity index is 1490. The van der Waals surface area contributed by atoms with E-state index in [-0.39, 0.29) is 0 Å². The number of para-hydroxylation sites is 1. The van der Waals surface area contributed by atoms with Crippen LogP contribution in [0.4, 0.5) is 0 Å². The van der Waals surface area contributed by atoms with Crippen molar-refractivity contribution in [1.82, 2.24) is 4.98 Å². The van der Waals surface area contributed by atoms with Gasteiger partial charge in [-0.1, -0.05) is 60.1 Å². The molecule has 6 rings (SSSR count). The predicted octanol–water partition coefficient (Wildman–Crippen LogP) is 7.20. The molecule has 0 aliphatic heterocycles. The minimum atomic E-state index is 0.551. The summed E-state index contributed by atoms with van der Waals surface area (Å²) in [5.41, 5.74) is 3.70. The number of halogens is 1. The van der Waals surface area contributed by atoms with Gasteiger partial charge in [-0.2, -0.15) is 0 Å². The van der Waals surface area contributed by atoms with Crippen LogP contribution in [0.1, 0.15) is 0 Å². The van der Waals surface area contributed by atoms with Gasteiger partial charge in [0, 0.05) is 22.4 Å².